The SMILES string of the molecule is Cc1ccc(CO)cc1S(=O)(=O)N(C)Cc1cccnc1. The summed E-state index contributed by atoms with van der Waals surface area (Å²) in [7, 11) is -2.07. The van der Waals surface area contributed by atoms with Crippen LogP contribution >= 0.6 is 0 Å². The Morgan fingerprint density at radius 1 is 1.24 bits per heavy atom. The molecule has 1 aromatic carbocycles. The highest BCUT2D eigenvalue weighted by atomic mass is 32.2. The van der Waals surface area contributed by atoms with Gasteiger partial charge >= 0.3 is 0 Å². The Morgan fingerprint density at radius 3 is 2.62 bits per heavy atom. The van der Waals surface area contributed by atoms with Gasteiger partial charge in [-0.25, -0.2) is 8.42 Å². The molecule has 0 bridgehead atoms. The third kappa shape index (κ3) is 3.47. The van der Waals surface area contributed by atoms with Crippen LogP contribution in [0.15, 0.2) is 47.6 Å². The van der Waals surface area contributed by atoms with Gasteiger partial charge in [0, 0.05) is 26.0 Å². The number of aromatic nitrogens is 1. The normalized spacial score (nSPS) is 11.8. The van der Waals surface area contributed by atoms with Crippen LogP contribution in [0.2, 0.25) is 0 Å². The molecule has 0 spiro atoms. The molecule has 5 nitrogen and oxygen atoms in total. The van der Waals surface area contributed by atoms with E-state index in [2.05, 4.69) is 4.98 Å². The zero-order valence-electron chi connectivity index (χ0n) is 12.0. The molecule has 2 rings (SSSR count). The van der Waals surface area contributed by atoms with Crippen molar-refractivity contribution in [1.29, 1.82) is 0 Å². The highest BCUT2D eigenvalue weighted by Gasteiger charge is 2.23. The van der Waals surface area contributed by atoms with Crippen molar-refractivity contribution in [3.63, 3.8) is 0 Å². The summed E-state index contributed by atoms with van der Waals surface area (Å²) in [6, 6.07) is 8.54. The maximum Gasteiger partial charge on any atom is 0.243 e. The largest absolute Gasteiger partial charge is 0.392 e. The predicted octanol–water partition coefficient (Wildman–Crippen LogP) is 1.70. The Morgan fingerprint density at radius 2 is 2.00 bits per heavy atom. The lowest BCUT2D eigenvalue weighted by Gasteiger charge is -2.19. The Balaban J connectivity index is 2.33. The average Bonchev–Trinajstić information content (AvgIpc) is 2.48. The number of benzene rings is 1. The summed E-state index contributed by atoms with van der Waals surface area (Å²) in [5.41, 5.74) is 2.05. The van der Waals surface area contributed by atoms with Crippen LogP contribution in [0.25, 0.3) is 0 Å². The van der Waals surface area contributed by atoms with E-state index < -0.39 is 10.0 Å². The van der Waals surface area contributed by atoms with Crippen LogP contribution in [0, 0.1) is 6.92 Å². The second-order valence-corrected chi connectivity index (χ2v) is 6.89. The van der Waals surface area contributed by atoms with Crippen molar-refractivity contribution < 1.29 is 13.5 Å². The van der Waals surface area contributed by atoms with E-state index in [1.807, 2.05) is 6.07 Å². The summed E-state index contributed by atoms with van der Waals surface area (Å²) in [4.78, 5) is 4.21. The fourth-order valence-electron chi connectivity index (χ4n) is 2.02. The smallest absolute Gasteiger partial charge is 0.243 e. The van der Waals surface area contributed by atoms with Gasteiger partial charge < -0.3 is 5.11 Å². The molecule has 0 saturated heterocycles. The summed E-state index contributed by atoms with van der Waals surface area (Å²) in [5, 5.41) is 9.18. The van der Waals surface area contributed by atoms with Gasteiger partial charge in [-0.2, -0.15) is 4.31 Å². The van der Waals surface area contributed by atoms with Crippen LogP contribution < -0.4 is 0 Å². The van der Waals surface area contributed by atoms with Gasteiger partial charge in [0.15, 0.2) is 0 Å². The number of rotatable bonds is 5. The Hall–Kier alpha value is -1.76. The summed E-state index contributed by atoms with van der Waals surface area (Å²) in [6.45, 7) is 1.81. The van der Waals surface area contributed by atoms with E-state index in [4.69, 9.17) is 0 Å². The first-order chi connectivity index (χ1) is 9.95. The minimum absolute atomic E-state index is 0.185. The molecular formula is C15H18N2O3S. The van der Waals surface area contributed by atoms with Crippen molar-refractivity contribution in [3.05, 3.63) is 59.4 Å². The fraction of sp³-hybridized carbons (Fsp3) is 0.267. The Labute approximate surface area is 124 Å². The molecule has 1 N–H and O–H groups in total. The third-order valence-electron chi connectivity index (χ3n) is 3.25. The molecule has 0 aliphatic heterocycles. The van der Waals surface area contributed by atoms with Gasteiger partial charge in [0.2, 0.25) is 10.0 Å². The standard InChI is InChI=1S/C15H18N2O3S/c1-12-5-6-13(11-18)8-15(12)21(19,20)17(2)10-14-4-3-7-16-9-14/h3-9,18H,10-11H2,1-2H3. The van der Waals surface area contributed by atoms with Gasteiger partial charge in [0.1, 0.15) is 0 Å². The molecule has 0 saturated carbocycles. The zero-order valence-corrected chi connectivity index (χ0v) is 12.8. The highest BCUT2D eigenvalue weighted by Crippen LogP contribution is 2.21. The van der Waals surface area contributed by atoms with E-state index in [0.29, 0.717) is 11.1 Å². The van der Waals surface area contributed by atoms with Crippen molar-refractivity contribution >= 4 is 10.0 Å². The van der Waals surface area contributed by atoms with Gasteiger partial charge in [-0.05, 0) is 35.7 Å². The topological polar surface area (TPSA) is 70.5 Å². The number of nitrogens with zero attached hydrogens (tertiary/aromatic N) is 2. The molecule has 0 aliphatic rings. The number of hydrogen-bond acceptors (Lipinski definition) is 4. The first-order valence-electron chi connectivity index (χ1n) is 6.51. The molecule has 0 unspecified atom stereocenters. The van der Waals surface area contributed by atoms with Gasteiger partial charge in [0.05, 0.1) is 11.5 Å². The second kappa shape index (κ2) is 6.34. The molecule has 0 amide bonds. The lowest BCUT2D eigenvalue weighted by molar-refractivity contribution is 0.281. The molecule has 1 heterocycles. The van der Waals surface area contributed by atoms with Crippen LogP contribution in [0.1, 0.15) is 16.7 Å². The van der Waals surface area contributed by atoms with Crippen molar-refractivity contribution in [2.75, 3.05) is 7.05 Å². The van der Waals surface area contributed by atoms with Gasteiger partial charge in [-0.15, -0.1) is 0 Å². The summed E-state index contributed by atoms with van der Waals surface area (Å²) in [6.07, 6.45) is 3.29. The molecular weight excluding hydrogens is 288 g/mol. The van der Waals surface area contributed by atoms with Crippen LogP contribution in [0.3, 0.4) is 0 Å². The minimum atomic E-state index is -3.61. The highest BCUT2D eigenvalue weighted by molar-refractivity contribution is 7.89. The van der Waals surface area contributed by atoms with E-state index >= 15 is 0 Å². The molecule has 6 heteroatoms. The van der Waals surface area contributed by atoms with Crippen LogP contribution in [0.4, 0.5) is 0 Å². The van der Waals surface area contributed by atoms with E-state index in [9.17, 15) is 13.5 Å². The van der Waals surface area contributed by atoms with Crippen molar-refractivity contribution in [2.24, 2.45) is 0 Å². The first kappa shape index (κ1) is 15.6. The molecule has 0 radical (unpaired) electrons. The van der Waals surface area contributed by atoms with E-state index in [1.54, 1.807) is 37.5 Å². The van der Waals surface area contributed by atoms with E-state index in [1.165, 1.54) is 17.4 Å². The number of aliphatic hydroxyl groups excluding tert-OH is 1. The van der Waals surface area contributed by atoms with Gasteiger partial charge in [-0.3, -0.25) is 4.98 Å². The average molecular weight is 306 g/mol. The molecule has 2 aromatic rings. The minimum Gasteiger partial charge on any atom is -0.392 e. The fourth-order valence-corrected chi connectivity index (χ4v) is 3.45. The number of aryl methyl sites for hydroxylation is 1. The number of hydrogen-bond donors (Lipinski definition) is 1. The third-order valence-corrected chi connectivity index (χ3v) is 5.20. The summed E-state index contributed by atoms with van der Waals surface area (Å²) < 4.78 is 26.6. The predicted molar refractivity (Wildman–Crippen MR) is 80.0 cm³/mol. The van der Waals surface area contributed by atoms with E-state index in [0.717, 1.165) is 5.56 Å². The van der Waals surface area contributed by atoms with Crippen molar-refractivity contribution in [1.82, 2.24) is 9.29 Å². The number of pyridine rings is 1. The molecule has 112 valence electrons. The number of aliphatic hydroxyl groups is 1. The zero-order chi connectivity index (χ0) is 15.5. The lowest BCUT2D eigenvalue weighted by atomic mass is 10.2. The van der Waals surface area contributed by atoms with Crippen molar-refractivity contribution in [2.45, 2.75) is 25.0 Å². The summed E-state index contributed by atoms with van der Waals surface area (Å²) >= 11 is 0. The van der Waals surface area contributed by atoms with Crippen LogP contribution in [-0.2, 0) is 23.2 Å². The monoisotopic (exact) mass is 306 g/mol. The molecule has 21 heavy (non-hydrogen) atoms. The quantitative estimate of drug-likeness (QED) is 0.913. The lowest BCUT2D eigenvalue weighted by Crippen LogP contribution is -2.27. The van der Waals surface area contributed by atoms with Crippen LogP contribution in [0.5, 0.6) is 0 Å². The Kier molecular flexibility index (Phi) is 4.72. The van der Waals surface area contributed by atoms with Crippen LogP contribution in [-0.4, -0.2) is 29.9 Å². The number of sulfonamides is 1. The Bertz CT molecular complexity index is 715. The van der Waals surface area contributed by atoms with Gasteiger partial charge in [-0.1, -0.05) is 18.2 Å². The van der Waals surface area contributed by atoms with Gasteiger partial charge in [0.25, 0.3) is 0 Å². The first-order valence-corrected chi connectivity index (χ1v) is 7.95. The van der Waals surface area contributed by atoms with E-state index in [-0.39, 0.29) is 18.0 Å². The molecule has 1 aromatic heterocycles. The van der Waals surface area contributed by atoms with Crippen molar-refractivity contribution in [3.8, 4) is 0 Å². The molecule has 0 fully saturated rings. The maximum atomic E-state index is 12.6. The molecule has 0 aliphatic carbocycles. The second-order valence-electron chi connectivity index (χ2n) is 4.88. The maximum absolute atomic E-state index is 12.6. The summed E-state index contributed by atoms with van der Waals surface area (Å²) in [5.74, 6) is 0. The molecule has 0 atom stereocenters.